The molecule has 0 N–H and O–H groups in total. The van der Waals surface area contributed by atoms with E-state index in [1.165, 1.54) is 0 Å². The van der Waals surface area contributed by atoms with Crippen LogP contribution in [0, 0.1) is 5.92 Å². The first-order valence-electron chi connectivity index (χ1n) is 7.21. The number of hydrogen-bond acceptors (Lipinski definition) is 3. The minimum absolute atomic E-state index is 0.230. The molecular weight excluding hydrogens is 226 g/mol. The van der Waals surface area contributed by atoms with Crippen molar-refractivity contribution in [1.82, 2.24) is 14.7 Å². The summed E-state index contributed by atoms with van der Waals surface area (Å²) >= 11 is 0. The van der Waals surface area contributed by atoms with Crippen molar-refractivity contribution >= 4 is 5.91 Å². The van der Waals surface area contributed by atoms with E-state index in [9.17, 15) is 4.79 Å². The molecule has 1 unspecified atom stereocenters. The van der Waals surface area contributed by atoms with Gasteiger partial charge in [-0.05, 0) is 59.4 Å². The molecular formula is C14H27N3O. The molecule has 0 aromatic rings. The van der Waals surface area contributed by atoms with Crippen LogP contribution >= 0.6 is 0 Å². The van der Waals surface area contributed by atoms with Crippen LogP contribution in [-0.2, 0) is 4.79 Å². The minimum atomic E-state index is 0.230. The Balaban J connectivity index is 1.87. The number of amides is 1. The molecule has 2 heterocycles. The summed E-state index contributed by atoms with van der Waals surface area (Å²) in [6, 6.07) is 0.459. The van der Waals surface area contributed by atoms with Crippen LogP contribution in [0.1, 0.15) is 25.7 Å². The normalized spacial score (nSPS) is 28.3. The highest BCUT2D eigenvalue weighted by Crippen LogP contribution is 2.21. The zero-order chi connectivity index (χ0) is 13.1. The zero-order valence-electron chi connectivity index (χ0n) is 12.1. The average molecular weight is 253 g/mol. The van der Waals surface area contributed by atoms with E-state index >= 15 is 0 Å². The molecule has 1 amide bonds. The molecule has 0 radical (unpaired) electrons. The van der Waals surface area contributed by atoms with E-state index < -0.39 is 0 Å². The Bertz CT molecular complexity index is 287. The molecule has 0 aromatic heterocycles. The predicted molar refractivity (Wildman–Crippen MR) is 73.5 cm³/mol. The first-order chi connectivity index (χ1) is 8.58. The summed E-state index contributed by atoms with van der Waals surface area (Å²) in [5.74, 6) is 0.601. The summed E-state index contributed by atoms with van der Waals surface area (Å²) in [5.41, 5.74) is 0. The number of hydrogen-bond donors (Lipinski definition) is 0. The Morgan fingerprint density at radius 1 is 1.06 bits per heavy atom. The molecule has 1 atom stereocenters. The third-order valence-corrected chi connectivity index (χ3v) is 4.56. The van der Waals surface area contributed by atoms with Crippen LogP contribution in [0.3, 0.4) is 0 Å². The Morgan fingerprint density at radius 3 is 2.33 bits per heavy atom. The topological polar surface area (TPSA) is 26.8 Å². The molecule has 2 aliphatic heterocycles. The highest BCUT2D eigenvalue weighted by molar-refractivity contribution is 5.79. The van der Waals surface area contributed by atoms with Gasteiger partial charge >= 0.3 is 0 Å². The molecule has 2 saturated heterocycles. The fourth-order valence-corrected chi connectivity index (χ4v) is 3.22. The van der Waals surface area contributed by atoms with Crippen LogP contribution in [0.25, 0.3) is 0 Å². The highest BCUT2D eigenvalue weighted by Gasteiger charge is 2.30. The molecule has 2 aliphatic rings. The molecule has 0 aliphatic carbocycles. The van der Waals surface area contributed by atoms with Gasteiger partial charge < -0.3 is 14.7 Å². The maximum absolute atomic E-state index is 12.5. The fourth-order valence-electron chi connectivity index (χ4n) is 3.22. The van der Waals surface area contributed by atoms with Gasteiger partial charge in [-0.2, -0.15) is 0 Å². The number of likely N-dealkylation sites (tertiary alicyclic amines) is 2. The van der Waals surface area contributed by atoms with Gasteiger partial charge in [-0.25, -0.2) is 0 Å². The summed E-state index contributed by atoms with van der Waals surface area (Å²) in [6.45, 7) is 4.32. The van der Waals surface area contributed by atoms with Crippen LogP contribution < -0.4 is 0 Å². The van der Waals surface area contributed by atoms with Gasteiger partial charge in [-0.15, -0.1) is 0 Å². The van der Waals surface area contributed by atoms with E-state index in [-0.39, 0.29) is 5.92 Å². The molecule has 4 heteroatoms. The van der Waals surface area contributed by atoms with Crippen molar-refractivity contribution in [3.63, 3.8) is 0 Å². The second-order valence-corrected chi connectivity index (χ2v) is 6.08. The van der Waals surface area contributed by atoms with Crippen molar-refractivity contribution in [2.75, 3.05) is 47.3 Å². The number of nitrogens with zero attached hydrogens (tertiary/aromatic N) is 3. The summed E-state index contributed by atoms with van der Waals surface area (Å²) in [7, 11) is 6.29. The van der Waals surface area contributed by atoms with Gasteiger partial charge in [0.05, 0.1) is 5.92 Å². The van der Waals surface area contributed by atoms with Crippen molar-refractivity contribution in [2.24, 2.45) is 5.92 Å². The van der Waals surface area contributed by atoms with Crippen LogP contribution in [0.15, 0.2) is 0 Å². The molecule has 18 heavy (non-hydrogen) atoms. The van der Waals surface area contributed by atoms with Crippen molar-refractivity contribution in [2.45, 2.75) is 31.7 Å². The maximum Gasteiger partial charge on any atom is 0.226 e. The summed E-state index contributed by atoms with van der Waals surface area (Å²) < 4.78 is 0. The van der Waals surface area contributed by atoms with E-state index in [0.29, 0.717) is 11.9 Å². The van der Waals surface area contributed by atoms with Gasteiger partial charge in [0.25, 0.3) is 0 Å². The van der Waals surface area contributed by atoms with Crippen molar-refractivity contribution in [3.05, 3.63) is 0 Å². The lowest BCUT2D eigenvalue weighted by Crippen LogP contribution is -2.49. The second-order valence-electron chi connectivity index (χ2n) is 6.08. The highest BCUT2D eigenvalue weighted by atomic mass is 16.2. The zero-order valence-corrected chi connectivity index (χ0v) is 12.1. The number of carbonyl (C=O) groups is 1. The van der Waals surface area contributed by atoms with E-state index in [4.69, 9.17) is 0 Å². The standard InChI is InChI=1S/C14H27N3O/c1-15-9-6-13(7-10-15)17(3)14(18)12-5-4-8-16(2)11-12/h12-13H,4-11H2,1-3H3. The monoisotopic (exact) mass is 253 g/mol. The average Bonchev–Trinajstić information content (AvgIpc) is 2.38. The lowest BCUT2D eigenvalue weighted by molar-refractivity contribution is -0.138. The number of piperidine rings is 2. The van der Waals surface area contributed by atoms with Crippen molar-refractivity contribution < 1.29 is 4.79 Å². The van der Waals surface area contributed by atoms with Gasteiger partial charge in [-0.1, -0.05) is 0 Å². The predicted octanol–water partition coefficient (Wildman–Crippen LogP) is 0.881. The lowest BCUT2D eigenvalue weighted by Gasteiger charge is -2.38. The molecule has 0 bridgehead atoms. The van der Waals surface area contributed by atoms with Gasteiger partial charge in [-0.3, -0.25) is 4.79 Å². The van der Waals surface area contributed by atoms with Crippen molar-refractivity contribution in [3.8, 4) is 0 Å². The first-order valence-corrected chi connectivity index (χ1v) is 7.21. The maximum atomic E-state index is 12.5. The minimum Gasteiger partial charge on any atom is -0.342 e. The molecule has 4 nitrogen and oxygen atoms in total. The van der Waals surface area contributed by atoms with Crippen LogP contribution in [0.2, 0.25) is 0 Å². The Hall–Kier alpha value is -0.610. The van der Waals surface area contributed by atoms with E-state index in [1.807, 2.05) is 11.9 Å². The largest absolute Gasteiger partial charge is 0.342 e. The van der Waals surface area contributed by atoms with Gasteiger partial charge in [0.15, 0.2) is 0 Å². The third kappa shape index (κ3) is 3.23. The van der Waals surface area contributed by atoms with Crippen molar-refractivity contribution in [1.29, 1.82) is 0 Å². The number of carbonyl (C=O) groups excluding carboxylic acids is 1. The molecule has 0 aromatic carbocycles. The number of rotatable bonds is 2. The van der Waals surface area contributed by atoms with Gasteiger partial charge in [0.1, 0.15) is 0 Å². The summed E-state index contributed by atoms with van der Waals surface area (Å²) in [4.78, 5) is 19.2. The van der Waals surface area contributed by atoms with E-state index in [2.05, 4.69) is 23.9 Å². The third-order valence-electron chi connectivity index (χ3n) is 4.56. The first kappa shape index (κ1) is 13.8. The molecule has 2 fully saturated rings. The Kier molecular flexibility index (Phi) is 4.62. The van der Waals surface area contributed by atoms with Gasteiger partial charge in [0.2, 0.25) is 5.91 Å². The van der Waals surface area contributed by atoms with E-state index in [0.717, 1.165) is 51.9 Å². The quantitative estimate of drug-likeness (QED) is 0.731. The Morgan fingerprint density at radius 2 is 1.72 bits per heavy atom. The van der Waals surface area contributed by atoms with E-state index in [1.54, 1.807) is 0 Å². The smallest absolute Gasteiger partial charge is 0.226 e. The molecule has 104 valence electrons. The lowest BCUT2D eigenvalue weighted by atomic mass is 9.95. The second kappa shape index (κ2) is 6.02. The molecule has 0 spiro atoms. The van der Waals surface area contributed by atoms with Crippen LogP contribution in [-0.4, -0.2) is 74.0 Å². The SMILES string of the molecule is CN1CCC(N(C)C(=O)C2CCCN(C)C2)CC1. The van der Waals surface area contributed by atoms with Crippen LogP contribution in [0.4, 0.5) is 0 Å². The molecule has 0 saturated carbocycles. The fraction of sp³-hybridized carbons (Fsp3) is 0.929. The Labute approximate surface area is 111 Å². The summed E-state index contributed by atoms with van der Waals surface area (Å²) in [6.07, 6.45) is 4.48. The van der Waals surface area contributed by atoms with Gasteiger partial charge in [0, 0.05) is 19.6 Å². The van der Waals surface area contributed by atoms with Crippen LogP contribution in [0.5, 0.6) is 0 Å². The summed E-state index contributed by atoms with van der Waals surface area (Å²) in [5, 5.41) is 0. The molecule has 2 rings (SSSR count).